The highest BCUT2D eigenvalue weighted by atomic mass is 35.5. The Morgan fingerprint density at radius 3 is 3.05 bits per heavy atom. The van der Waals surface area contributed by atoms with Crippen molar-refractivity contribution in [1.29, 1.82) is 0 Å². The topological polar surface area (TPSA) is 63.8 Å². The highest BCUT2D eigenvalue weighted by molar-refractivity contribution is 6.30. The lowest BCUT2D eigenvalue weighted by atomic mass is 10.2. The van der Waals surface area contributed by atoms with E-state index in [1.807, 2.05) is 6.92 Å². The second-order valence-corrected chi connectivity index (χ2v) is 4.48. The first-order valence-corrected chi connectivity index (χ1v) is 6.26. The average Bonchev–Trinajstić information content (AvgIpc) is 2.91. The van der Waals surface area contributed by atoms with Crippen molar-refractivity contribution in [2.45, 2.75) is 6.92 Å². The largest absolute Gasteiger partial charge is 0.483 e. The number of nitrogens with zero attached hydrogens (tertiary/aromatic N) is 1. The monoisotopic (exact) mass is 292 g/mol. The molecule has 1 heterocycles. The normalized spacial score (nSPS) is 10.7. The van der Waals surface area contributed by atoms with Gasteiger partial charge < -0.3 is 9.15 Å². The van der Waals surface area contributed by atoms with E-state index in [0.29, 0.717) is 10.8 Å². The molecule has 0 bridgehead atoms. The molecule has 0 atom stereocenters. The number of carbonyl (C=O) groups is 1. The van der Waals surface area contributed by atoms with Gasteiger partial charge in [0.1, 0.15) is 5.75 Å². The molecular weight excluding hydrogens is 280 g/mol. The second-order valence-electron chi connectivity index (χ2n) is 4.05. The molecule has 1 N–H and O–H groups in total. The van der Waals surface area contributed by atoms with Gasteiger partial charge in [0.15, 0.2) is 6.61 Å². The Kier molecular flexibility index (Phi) is 4.79. The lowest BCUT2D eigenvalue weighted by Gasteiger charge is -2.08. The number of furan rings is 1. The molecule has 6 heteroatoms. The SMILES string of the molecule is Cc1cc(Cl)ccc1OCC(=O)N/N=C/c1ccoc1. The zero-order chi connectivity index (χ0) is 14.4. The Balaban J connectivity index is 1.80. The maximum atomic E-state index is 11.5. The van der Waals surface area contributed by atoms with E-state index in [0.717, 1.165) is 11.1 Å². The Morgan fingerprint density at radius 2 is 2.35 bits per heavy atom. The van der Waals surface area contributed by atoms with E-state index < -0.39 is 0 Å². The molecule has 2 aromatic rings. The molecule has 0 aliphatic rings. The van der Waals surface area contributed by atoms with Gasteiger partial charge in [-0.2, -0.15) is 5.10 Å². The summed E-state index contributed by atoms with van der Waals surface area (Å²) in [6.07, 6.45) is 4.52. The summed E-state index contributed by atoms with van der Waals surface area (Å²) < 4.78 is 10.2. The van der Waals surface area contributed by atoms with Crippen LogP contribution in [0.4, 0.5) is 0 Å². The molecular formula is C14H13ClN2O3. The van der Waals surface area contributed by atoms with Gasteiger partial charge in [0.05, 0.1) is 18.7 Å². The average molecular weight is 293 g/mol. The molecule has 0 aliphatic heterocycles. The first kappa shape index (κ1) is 14.1. The summed E-state index contributed by atoms with van der Waals surface area (Å²) in [6.45, 7) is 1.74. The number of carbonyl (C=O) groups excluding carboxylic acids is 1. The van der Waals surface area contributed by atoms with Crippen molar-refractivity contribution >= 4 is 23.7 Å². The van der Waals surface area contributed by atoms with E-state index in [4.69, 9.17) is 20.8 Å². The summed E-state index contributed by atoms with van der Waals surface area (Å²) in [5.74, 6) is 0.266. The molecule has 20 heavy (non-hydrogen) atoms. The molecule has 104 valence electrons. The van der Waals surface area contributed by atoms with Crippen LogP contribution in [0.25, 0.3) is 0 Å². The van der Waals surface area contributed by atoms with Crippen LogP contribution in [0.15, 0.2) is 46.3 Å². The summed E-state index contributed by atoms with van der Waals surface area (Å²) in [6, 6.07) is 6.92. The van der Waals surface area contributed by atoms with Crippen LogP contribution in [-0.2, 0) is 4.79 Å². The molecule has 5 nitrogen and oxygen atoms in total. The van der Waals surface area contributed by atoms with Crippen molar-refractivity contribution in [2.75, 3.05) is 6.61 Å². The summed E-state index contributed by atoms with van der Waals surface area (Å²) >= 11 is 5.84. The molecule has 0 unspecified atom stereocenters. The highest BCUT2D eigenvalue weighted by Crippen LogP contribution is 2.21. The number of aryl methyl sites for hydroxylation is 1. The van der Waals surface area contributed by atoms with E-state index in [1.165, 1.54) is 18.7 Å². The third-order valence-electron chi connectivity index (χ3n) is 2.44. The fourth-order valence-electron chi connectivity index (χ4n) is 1.48. The van der Waals surface area contributed by atoms with Crippen LogP contribution in [0.5, 0.6) is 5.75 Å². The van der Waals surface area contributed by atoms with Crippen LogP contribution in [0.2, 0.25) is 5.02 Å². The van der Waals surface area contributed by atoms with Gasteiger partial charge >= 0.3 is 0 Å². The molecule has 0 saturated carbocycles. The molecule has 0 aliphatic carbocycles. The number of hydrazone groups is 1. The maximum absolute atomic E-state index is 11.5. The third-order valence-corrected chi connectivity index (χ3v) is 2.68. The number of amides is 1. The van der Waals surface area contributed by atoms with Crippen LogP contribution in [0.1, 0.15) is 11.1 Å². The number of nitrogens with one attached hydrogen (secondary N) is 1. The molecule has 0 radical (unpaired) electrons. The van der Waals surface area contributed by atoms with Gasteiger partial charge in [-0.25, -0.2) is 5.43 Å². The van der Waals surface area contributed by atoms with Crippen molar-refractivity contribution in [3.05, 3.63) is 52.9 Å². The van der Waals surface area contributed by atoms with Crippen LogP contribution in [-0.4, -0.2) is 18.7 Å². The van der Waals surface area contributed by atoms with Gasteiger partial charge in [-0.3, -0.25) is 4.79 Å². The van der Waals surface area contributed by atoms with Crippen molar-refractivity contribution in [3.8, 4) is 5.75 Å². The highest BCUT2D eigenvalue weighted by Gasteiger charge is 2.04. The Hall–Kier alpha value is -2.27. The molecule has 1 amide bonds. The van der Waals surface area contributed by atoms with Crippen molar-refractivity contribution in [1.82, 2.24) is 5.43 Å². The summed E-state index contributed by atoms with van der Waals surface area (Å²) in [4.78, 5) is 11.5. The number of rotatable bonds is 5. The number of hydrogen-bond acceptors (Lipinski definition) is 4. The van der Waals surface area contributed by atoms with Crippen LogP contribution in [0, 0.1) is 6.92 Å². The lowest BCUT2D eigenvalue weighted by Crippen LogP contribution is -2.24. The minimum Gasteiger partial charge on any atom is -0.483 e. The quantitative estimate of drug-likeness (QED) is 0.681. The van der Waals surface area contributed by atoms with E-state index in [9.17, 15) is 4.79 Å². The fraction of sp³-hybridized carbons (Fsp3) is 0.143. The standard InChI is InChI=1S/C14H13ClN2O3/c1-10-6-12(15)2-3-13(10)20-9-14(18)17-16-7-11-4-5-19-8-11/h2-8H,9H2,1H3,(H,17,18)/b16-7+. The van der Waals surface area contributed by atoms with E-state index in [2.05, 4.69) is 10.5 Å². The van der Waals surface area contributed by atoms with Crippen molar-refractivity contribution in [3.63, 3.8) is 0 Å². The Morgan fingerprint density at radius 1 is 1.50 bits per heavy atom. The number of hydrogen-bond donors (Lipinski definition) is 1. The predicted octanol–water partition coefficient (Wildman–Crippen LogP) is 2.77. The Labute approximate surface area is 121 Å². The van der Waals surface area contributed by atoms with Gasteiger partial charge in [0.2, 0.25) is 0 Å². The van der Waals surface area contributed by atoms with Gasteiger partial charge in [-0.1, -0.05) is 11.6 Å². The van der Waals surface area contributed by atoms with E-state index in [-0.39, 0.29) is 12.5 Å². The minimum absolute atomic E-state index is 0.120. The van der Waals surface area contributed by atoms with Gasteiger partial charge in [0, 0.05) is 10.6 Å². The second kappa shape index (κ2) is 6.77. The zero-order valence-electron chi connectivity index (χ0n) is 10.8. The first-order valence-electron chi connectivity index (χ1n) is 5.88. The number of benzene rings is 1. The summed E-state index contributed by atoms with van der Waals surface area (Å²) in [7, 11) is 0. The van der Waals surface area contributed by atoms with Crippen LogP contribution >= 0.6 is 11.6 Å². The molecule has 2 rings (SSSR count). The minimum atomic E-state index is -0.348. The Bertz CT molecular complexity index is 609. The third kappa shape index (κ3) is 4.13. The van der Waals surface area contributed by atoms with E-state index >= 15 is 0 Å². The number of halogens is 1. The van der Waals surface area contributed by atoms with Crippen molar-refractivity contribution < 1.29 is 13.9 Å². The first-order chi connectivity index (χ1) is 9.65. The smallest absolute Gasteiger partial charge is 0.277 e. The molecule has 1 aromatic carbocycles. The van der Waals surface area contributed by atoms with E-state index in [1.54, 1.807) is 24.3 Å². The fourth-order valence-corrected chi connectivity index (χ4v) is 1.70. The molecule has 0 fully saturated rings. The zero-order valence-corrected chi connectivity index (χ0v) is 11.6. The summed E-state index contributed by atoms with van der Waals surface area (Å²) in [5.41, 5.74) is 3.99. The van der Waals surface area contributed by atoms with Crippen LogP contribution < -0.4 is 10.2 Å². The molecule has 0 saturated heterocycles. The lowest BCUT2D eigenvalue weighted by molar-refractivity contribution is -0.123. The maximum Gasteiger partial charge on any atom is 0.277 e. The van der Waals surface area contributed by atoms with Gasteiger partial charge in [0.25, 0.3) is 5.91 Å². The van der Waals surface area contributed by atoms with Gasteiger partial charge in [-0.15, -0.1) is 0 Å². The van der Waals surface area contributed by atoms with Crippen LogP contribution in [0.3, 0.4) is 0 Å². The van der Waals surface area contributed by atoms with Crippen molar-refractivity contribution in [2.24, 2.45) is 5.10 Å². The van der Waals surface area contributed by atoms with Gasteiger partial charge in [-0.05, 0) is 36.8 Å². The number of ether oxygens (including phenoxy) is 1. The predicted molar refractivity (Wildman–Crippen MR) is 76.1 cm³/mol. The molecule has 1 aromatic heterocycles. The summed E-state index contributed by atoms with van der Waals surface area (Å²) in [5, 5.41) is 4.41. The molecule has 0 spiro atoms.